The first-order chi connectivity index (χ1) is 10.7. The molecule has 0 aliphatic carbocycles. The molecule has 114 valence electrons. The van der Waals surface area contributed by atoms with Crippen LogP contribution in [0.2, 0.25) is 0 Å². The number of aryl methyl sites for hydroxylation is 1. The second-order valence-electron chi connectivity index (χ2n) is 5.76. The third kappa shape index (κ3) is 2.35. The third-order valence-corrected chi connectivity index (χ3v) is 4.02. The minimum atomic E-state index is 0.207. The highest BCUT2D eigenvalue weighted by molar-refractivity contribution is 5.65. The molecule has 1 fully saturated rings. The summed E-state index contributed by atoms with van der Waals surface area (Å²) in [7, 11) is 0. The Balaban J connectivity index is 1.71. The van der Waals surface area contributed by atoms with Crippen LogP contribution < -0.4 is 20.1 Å². The Morgan fingerprint density at radius 3 is 2.86 bits per heavy atom. The number of nitrogens with two attached hydrogens (primary N) is 1. The molecule has 2 aromatic rings. The van der Waals surface area contributed by atoms with Crippen molar-refractivity contribution in [3.8, 4) is 22.8 Å². The average molecular weight is 298 g/mol. The van der Waals surface area contributed by atoms with Gasteiger partial charge in [0.1, 0.15) is 0 Å². The summed E-state index contributed by atoms with van der Waals surface area (Å²) in [6, 6.07) is 8.06. The maximum atomic E-state index is 5.98. The summed E-state index contributed by atoms with van der Waals surface area (Å²) in [5, 5.41) is 0. The molecule has 1 saturated heterocycles. The summed E-state index contributed by atoms with van der Waals surface area (Å²) in [6.45, 7) is 3.98. The van der Waals surface area contributed by atoms with Crippen LogP contribution in [0.15, 0.2) is 24.3 Å². The van der Waals surface area contributed by atoms with E-state index < -0.39 is 0 Å². The van der Waals surface area contributed by atoms with E-state index in [2.05, 4.69) is 9.88 Å². The van der Waals surface area contributed by atoms with Gasteiger partial charge in [0.05, 0.1) is 5.69 Å². The molecule has 0 spiro atoms. The molecule has 2 aliphatic rings. The third-order valence-electron chi connectivity index (χ3n) is 4.02. The van der Waals surface area contributed by atoms with Crippen molar-refractivity contribution in [2.75, 3.05) is 24.8 Å². The Morgan fingerprint density at radius 2 is 2.05 bits per heavy atom. The van der Waals surface area contributed by atoms with Gasteiger partial charge in [0.25, 0.3) is 0 Å². The van der Waals surface area contributed by atoms with Crippen LogP contribution in [0.1, 0.15) is 12.1 Å². The number of hydrogen-bond donors (Lipinski definition) is 1. The van der Waals surface area contributed by atoms with E-state index >= 15 is 0 Å². The molecule has 1 unspecified atom stereocenters. The van der Waals surface area contributed by atoms with E-state index in [1.807, 2.05) is 31.2 Å². The lowest BCUT2D eigenvalue weighted by Gasteiger charge is -2.17. The number of ether oxygens (including phenoxy) is 2. The number of hydrogen-bond acceptors (Lipinski definition) is 6. The van der Waals surface area contributed by atoms with Crippen LogP contribution in [0, 0.1) is 6.92 Å². The molecule has 6 heteroatoms. The molecule has 1 atom stereocenters. The Labute approximate surface area is 128 Å². The van der Waals surface area contributed by atoms with Gasteiger partial charge in [-0.1, -0.05) is 0 Å². The van der Waals surface area contributed by atoms with E-state index in [1.54, 1.807) is 0 Å². The maximum absolute atomic E-state index is 5.98. The molecular weight excluding hydrogens is 280 g/mol. The van der Waals surface area contributed by atoms with E-state index in [0.717, 1.165) is 53.9 Å². The van der Waals surface area contributed by atoms with E-state index in [1.165, 1.54) is 0 Å². The molecule has 4 rings (SSSR count). The zero-order chi connectivity index (χ0) is 15.1. The van der Waals surface area contributed by atoms with E-state index in [4.69, 9.17) is 20.2 Å². The van der Waals surface area contributed by atoms with Crippen molar-refractivity contribution in [1.29, 1.82) is 0 Å². The lowest BCUT2D eigenvalue weighted by Crippen LogP contribution is -2.27. The Kier molecular flexibility index (Phi) is 3.11. The Bertz CT molecular complexity index is 719. The fraction of sp³-hybridized carbons (Fsp3) is 0.375. The first kappa shape index (κ1) is 13.3. The van der Waals surface area contributed by atoms with Gasteiger partial charge in [-0.2, -0.15) is 0 Å². The van der Waals surface area contributed by atoms with Crippen molar-refractivity contribution in [3.05, 3.63) is 30.0 Å². The van der Waals surface area contributed by atoms with Crippen molar-refractivity contribution < 1.29 is 9.47 Å². The van der Waals surface area contributed by atoms with Crippen molar-refractivity contribution in [3.63, 3.8) is 0 Å². The van der Waals surface area contributed by atoms with Gasteiger partial charge in [-0.3, -0.25) is 0 Å². The largest absolute Gasteiger partial charge is 0.454 e. The summed E-state index contributed by atoms with van der Waals surface area (Å²) in [5.74, 6) is 2.29. The fourth-order valence-corrected chi connectivity index (χ4v) is 2.87. The molecule has 0 amide bonds. The van der Waals surface area contributed by atoms with E-state index in [9.17, 15) is 0 Å². The van der Waals surface area contributed by atoms with Crippen LogP contribution in [0.25, 0.3) is 11.3 Å². The Hall–Kier alpha value is -2.34. The van der Waals surface area contributed by atoms with Crippen molar-refractivity contribution in [1.82, 2.24) is 9.97 Å². The first-order valence-electron chi connectivity index (χ1n) is 7.45. The minimum Gasteiger partial charge on any atom is -0.454 e. The predicted molar refractivity (Wildman–Crippen MR) is 83.1 cm³/mol. The van der Waals surface area contributed by atoms with Gasteiger partial charge >= 0.3 is 0 Å². The van der Waals surface area contributed by atoms with Crippen LogP contribution >= 0.6 is 0 Å². The molecule has 6 nitrogen and oxygen atoms in total. The van der Waals surface area contributed by atoms with Gasteiger partial charge < -0.3 is 20.1 Å². The average Bonchev–Trinajstić information content (AvgIpc) is 3.14. The number of nitrogens with zero attached hydrogens (tertiary/aromatic N) is 3. The van der Waals surface area contributed by atoms with Crippen molar-refractivity contribution >= 4 is 5.95 Å². The van der Waals surface area contributed by atoms with Crippen LogP contribution in [-0.4, -0.2) is 35.9 Å². The normalized spacial score (nSPS) is 19.7. The van der Waals surface area contributed by atoms with Crippen molar-refractivity contribution in [2.45, 2.75) is 19.4 Å². The highest BCUT2D eigenvalue weighted by Gasteiger charge is 2.22. The first-order valence-corrected chi connectivity index (χ1v) is 7.45. The second kappa shape index (κ2) is 5.14. The van der Waals surface area contributed by atoms with Gasteiger partial charge in [0.15, 0.2) is 11.5 Å². The van der Waals surface area contributed by atoms with Gasteiger partial charge in [-0.25, -0.2) is 9.97 Å². The molecule has 2 N–H and O–H groups in total. The van der Waals surface area contributed by atoms with Crippen LogP contribution in [0.3, 0.4) is 0 Å². The summed E-state index contributed by atoms with van der Waals surface area (Å²) >= 11 is 0. The lowest BCUT2D eigenvalue weighted by molar-refractivity contribution is 0.174. The molecule has 1 aromatic heterocycles. The minimum absolute atomic E-state index is 0.207. The number of rotatable bonds is 2. The SMILES string of the molecule is Cc1cc(-c2ccc3c(c2)OCO3)nc(N2CCC(N)C2)n1. The molecule has 3 heterocycles. The number of aromatic nitrogens is 2. The van der Waals surface area contributed by atoms with E-state index in [0.29, 0.717) is 0 Å². The highest BCUT2D eigenvalue weighted by Crippen LogP contribution is 2.35. The molecule has 2 aliphatic heterocycles. The van der Waals surface area contributed by atoms with Crippen molar-refractivity contribution in [2.24, 2.45) is 5.73 Å². The zero-order valence-corrected chi connectivity index (χ0v) is 12.5. The zero-order valence-electron chi connectivity index (χ0n) is 12.5. The molecule has 0 radical (unpaired) electrons. The summed E-state index contributed by atoms with van der Waals surface area (Å²) in [4.78, 5) is 11.4. The summed E-state index contributed by atoms with van der Waals surface area (Å²) < 4.78 is 10.8. The van der Waals surface area contributed by atoms with Gasteiger partial charge in [0.2, 0.25) is 12.7 Å². The maximum Gasteiger partial charge on any atom is 0.231 e. The number of fused-ring (bicyclic) bond motifs is 1. The fourth-order valence-electron chi connectivity index (χ4n) is 2.87. The molecule has 0 saturated carbocycles. The van der Waals surface area contributed by atoms with Gasteiger partial charge in [-0.15, -0.1) is 0 Å². The predicted octanol–water partition coefficient (Wildman–Crippen LogP) is 1.72. The summed E-state index contributed by atoms with van der Waals surface area (Å²) in [6.07, 6.45) is 0.983. The van der Waals surface area contributed by atoms with Gasteiger partial charge in [0, 0.05) is 30.4 Å². The molecule has 0 bridgehead atoms. The van der Waals surface area contributed by atoms with Crippen LogP contribution in [-0.2, 0) is 0 Å². The summed E-state index contributed by atoms with van der Waals surface area (Å²) in [5.41, 5.74) is 8.82. The number of benzene rings is 1. The van der Waals surface area contributed by atoms with E-state index in [-0.39, 0.29) is 12.8 Å². The smallest absolute Gasteiger partial charge is 0.231 e. The topological polar surface area (TPSA) is 73.5 Å². The molecular formula is C16H18N4O2. The quantitative estimate of drug-likeness (QED) is 0.910. The monoisotopic (exact) mass is 298 g/mol. The second-order valence-corrected chi connectivity index (χ2v) is 5.76. The standard InChI is InChI=1S/C16H18N4O2/c1-10-6-13(11-2-3-14-15(7-11)22-9-21-14)19-16(18-10)20-5-4-12(17)8-20/h2-3,6-7,12H,4-5,8-9,17H2,1H3. The number of anilines is 1. The van der Waals surface area contributed by atoms with Crippen LogP contribution in [0.5, 0.6) is 11.5 Å². The van der Waals surface area contributed by atoms with Crippen LogP contribution in [0.4, 0.5) is 5.95 Å². The lowest BCUT2D eigenvalue weighted by atomic mass is 10.1. The Morgan fingerprint density at radius 1 is 1.18 bits per heavy atom. The molecule has 22 heavy (non-hydrogen) atoms. The molecule has 1 aromatic carbocycles. The highest BCUT2D eigenvalue weighted by atomic mass is 16.7. The van der Waals surface area contributed by atoms with Gasteiger partial charge in [-0.05, 0) is 37.6 Å².